The van der Waals surface area contributed by atoms with Gasteiger partial charge in [0.2, 0.25) is 0 Å². The summed E-state index contributed by atoms with van der Waals surface area (Å²) in [6.45, 7) is 2.34. The van der Waals surface area contributed by atoms with Crippen LogP contribution in [0.25, 0.3) is 0 Å². The monoisotopic (exact) mass is 372 g/mol. The molecule has 0 spiro atoms. The van der Waals surface area contributed by atoms with Gasteiger partial charge in [-0.25, -0.2) is 4.79 Å². The van der Waals surface area contributed by atoms with Gasteiger partial charge in [-0.2, -0.15) is 13.2 Å². The molecule has 0 aliphatic rings. The highest BCUT2D eigenvalue weighted by molar-refractivity contribution is 6.33. The molecule has 2 N–H and O–H groups in total. The molecule has 0 aromatic heterocycles. The first-order valence-electron chi connectivity index (χ1n) is 7.37. The van der Waals surface area contributed by atoms with Gasteiger partial charge in [0.25, 0.3) is 0 Å². The maximum Gasteiger partial charge on any atom is 0.416 e. The number of benzene rings is 2. The minimum absolute atomic E-state index is 0.0130. The lowest BCUT2D eigenvalue weighted by atomic mass is 10.2. The topological polar surface area (TPSA) is 50.4 Å². The number of urea groups is 1. The van der Waals surface area contributed by atoms with E-state index in [0.29, 0.717) is 5.75 Å². The normalized spacial score (nSPS) is 11.1. The molecule has 0 radical (unpaired) electrons. The average Bonchev–Trinajstić information content (AvgIpc) is 2.54. The summed E-state index contributed by atoms with van der Waals surface area (Å²) in [5.74, 6) is 0.661. The maximum absolute atomic E-state index is 12.7. The van der Waals surface area contributed by atoms with Gasteiger partial charge in [-0.05, 0) is 37.3 Å². The second-order valence-corrected chi connectivity index (χ2v) is 5.64. The Hall–Kier alpha value is -2.41. The van der Waals surface area contributed by atoms with Crippen LogP contribution in [0, 0.1) is 6.92 Å². The second-order valence-electron chi connectivity index (χ2n) is 5.23. The van der Waals surface area contributed by atoms with Crippen molar-refractivity contribution in [1.29, 1.82) is 0 Å². The minimum atomic E-state index is -4.51. The minimum Gasteiger partial charge on any atom is -0.492 e. The number of carbonyl (C=O) groups excluding carboxylic acids is 1. The Balaban J connectivity index is 1.83. The lowest BCUT2D eigenvalue weighted by Crippen LogP contribution is -2.32. The Morgan fingerprint density at radius 1 is 1.16 bits per heavy atom. The summed E-state index contributed by atoms with van der Waals surface area (Å²) < 4.78 is 43.5. The van der Waals surface area contributed by atoms with Gasteiger partial charge in [0.15, 0.2) is 0 Å². The van der Waals surface area contributed by atoms with Gasteiger partial charge in [-0.1, -0.05) is 29.3 Å². The number of aryl methyl sites for hydroxylation is 1. The molecule has 0 fully saturated rings. The quantitative estimate of drug-likeness (QED) is 0.736. The van der Waals surface area contributed by atoms with Crippen molar-refractivity contribution in [2.75, 3.05) is 18.5 Å². The van der Waals surface area contributed by atoms with Crippen LogP contribution in [0.1, 0.15) is 11.1 Å². The number of halogens is 4. The van der Waals surface area contributed by atoms with Gasteiger partial charge >= 0.3 is 12.2 Å². The smallest absolute Gasteiger partial charge is 0.416 e. The number of rotatable bonds is 5. The zero-order chi connectivity index (χ0) is 18.4. The van der Waals surface area contributed by atoms with Crippen LogP contribution in [0.5, 0.6) is 5.75 Å². The molecule has 2 rings (SSSR count). The predicted octanol–water partition coefficient (Wildman–Crippen LogP) is 4.87. The number of carbonyl (C=O) groups is 1. The van der Waals surface area contributed by atoms with Gasteiger partial charge in [0.1, 0.15) is 12.4 Å². The first kappa shape index (κ1) is 18.9. The molecule has 0 aliphatic carbocycles. The second kappa shape index (κ2) is 8.11. The van der Waals surface area contributed by atoms with E-state index in [1.807, 2.05) is 19.1 Å². The summed E-state index contributed by atoms with van der Waals surface area (Å²) in [6, 6.07) is 9.44. The van der Waals surface area contributed by atoms with E-state index in [4.69, 9.17) is 16.3 Å². The van der Waals surface area contributed by atoms with Crippen molar-refractivity contribution in [2.24, 2.45) is 0 Å². The number of ether oxygens (including phenoxy) is 1. The summed E-state index contributed by atoms with van der Waals surface area (Å²) in [5, 5.41) is 4.79. The van der Waals surface area contributed by atoms with Crippen LogP contribution >= 0.6 is 11.6 Å². The van der Waals surface area contributed by atoms with E-state index >= 15 is 0 Å². The number of hydrogen-bond donors (Lipinski definition) is 2. The number of anilines is 1. The summed E-state index contributed by atoms with van der Waals surface area (Å²) in [7, 11) is 0. The molecule has 0 atom stereocenters. The first-order chi connectivity index (χ1) is 11.8. The zero-order valence-electron chi connectivity index (χ0n) is 13.3. The predicted molar refractivity (Wildman–Crippen MR) is 90.1 cm³/mol. The van der Waals surface area contributed by atoms with E-state index in [1.54, 1.807) is 12.1 Å². The number of hydrogen-bond acceptors (Lipinski definition) is 2. The maximum atomic E-state index is 12.7. The highest BCUT2D eigenvalue weighted by Gasteiger charge is 2.31. The number of amides is 2. The molecule has 4 nitrogen and oxygen atoms in total. The summed E-state index contributed by atoms with van der Waals surface area (Å²) in [6.07, 6.45) is -4.51. The van der Waals surface area contributed by atoms with Crippen molar-refractivity contribution in [2.45, 2.75) is 13.1 Å². The van der Waals surface area contributed by atoms with Crippen LogP contribution in [-0.2, 0) is 6.18 Å². The van der Waals surface area contributed by atoms with Crippen LogP contribution in [0.15, 0.2) is 42.5 Å². The molecule has 0 saturated heterocycles. The fraction of sp³-hybridized carbons (Fsp3) is 0.235. The van der Waals surface area contributed by atoms with Crippen molar-refractivity contribution in [3.05, 3.63) is 58.6 Å². The fourth-order valence-electron chi connectivity index (χ4n) is 1.93. The Bertz CT molecular complexity index is 734. The highest BCUT2D eigenvalue weighted by Crippen LogP contribution is 2.33. The molecular weight excluding hydrogens is 357 g/mol. The van der Waals surface area contributed by atoms with Crippen LogP contribution in [0.3, 0.4) is 0 Å². The Morgan fingerprint density at radius 2 is 1.84 bits per heavy atom. The van der Waals surface area contributed by atoms with Gasteiger partial charge in [0, 0.05) is 0 Å². The fourth-order valence-corrected chi connectivity index (χ4v) is 2.10. The zero-order valence-corrected chi connectivity index (χ0v) is 14.0. The van der Waals surface area contributed by atoms with Crippen molar-refractivity contribution < 1.29 is 22.7 Å². The molecule has 0 bridgehead atoms. The molecule has 0 unspecified atom stereocenters. The molecule has 0 saturated carbocycles. The molecule has 0 aliphatic heterocycles. The molecule has 2 amide bonds. The van der Waals surface area contributed by atoms with Crippen molar-refractivity contribution in [3.8, 4) is 5.75 Å². The van der Waals surface area contributed by atoms with Gasteiger partial charge in [0.05, 0.1) is 22.8 Å². The van der Waals surface area contributed by atoms with Crippen LogP contribution in [0.4, 0.5) is 23.7 Å². The van der Waals surface area contributed by atoms with Crippen molar-refractivity contribution in [1.82, 2.24) is 5.32 Å². The van der Waals surface area contributed by atoms with E-state index < -0.39 is 17.8 Å². The van der Waals surface area contributed by atoms with Crippen LogP contribution in [0.2, 0.25) is 5.02 Å². The lowest BCUT2D eigenvalue weighted by Gasteiger charge is -2.12. The summed E-state index contributed by atoms with van der Waals surface area (Å²) in [4.78, 5) is 11.8. The van der Waals surface area contributed by atoms with Gasteiger partial charge in [-0.15, -0.1) is 0 Å². The molecule has 2 aromatic carbocycles. The van der Waals surface area contributed by atoms with Crippen molar-refractivity contribution >= 4 is 23.3 Å². The average molecular weight is 373 g/mol. The first-order valence-corrected chi connectivity index (χ1v) is 7.74. The Labute approximate surface area is 147 Å². The third-order valence-electron chi connectivity index (χ3n) is 3.22. The SMILES string of the molecule is Cc1ccc(OCCNC(=O)Nc2cc(C(F)(F)F)ccc2Cl)cc1. The van der Waals surface area contributed by atoms with Gasteiger partial charge < -0.3 is 15.4 Å². The lowest BCUT2D eigenvalue weighted by molar-refractivity contribution is -0.137. The van der Waals surface area contributed by atoms with Gasteiger partial charge in [-0.3, -0.25) is 0 Å². The van der Waals surface area contributed by atoms with E-state index in [2.05, 4.69) is 10.6 Å². The molecular formula is C17H16ClF3N2O2. The standard InChI is InChI=1S/C17H16ClF3N2O2/c1-11-2-5-13(6-3-11)25-9-8-22-16(24)23-15-10-12(17(19,20)21)4-7-14(15)18/h2-7,10H,8-9H2,1H3,(H2,22,23,24). The van der Waals surface area contributed by atoms with E-state index in [1.165, 1.54) is 0 Å². The molecule has 25 heavy (non-hydrogen) atoms. The summed E-state index contributed by atoms with van der Waals surface area (Å²) >= 11 is 5.81. The van der Waals surface area contributed by atoms with E-state index in [0.717, 1.165) is 23.8 Å². The molecule has 8 heteroatoms. The molecule has 134 valence electrons. The third-order valence-corrected chi connectivity index (χ3v) is 3.55. The summed E-state index contributed by atoms with van der Waals surface area (Å²) in [5.41, 5.74) is 0.0890. The molecule has 2 aromatic rings. The highest BCUT2D eigenvalue weighted by atomic mass is 35.5. The Morgan fingerprint density at radius 3 is 2.48 bits per heavy atom. The van der Waals surface area contributed by atoms with E-state index in [9.17, 15) is 18.0 Å². The van der Waals surface area contributed by atoms with Crippen LogP contribution < -0.4 is 15.4 Å². The Kier molecular flexibility index (Phi) is 6.14. The van der Waals surface area contributed by atoms with Crippen LogP contribution in [-0.4, -0.2) is 19.2 Å². The molecule has 0 heterocycles. The third kappa shape index (κ3) is 5.86. The van der Waals surface area contributed by atoms with E-state index in [-0.39, 0.29) is 23.9 Å². The largest absolute Gasteiger partial charge is 0.492 e. The number of alkyl halides is 3. The van der Waals surface area contributed by atoms with Crippen molar-refractivity contribution in [3.63, 3.8) is 0 Å². The number of nitrogens with one attached hydrogen (secondary N) is 2.